The Morgan fingerprint density at radius 1 is 1.56 bits per heavy atom. The van der Waals surface area contributed by atoms with Crippen LogP contribution >= 0.6 is 27.5 Å². The summed E-state index contributed by atoms with van der Waals surface area (Å²) in [7, 11) is 0. The van der Waals surface area contributed by atoms with Gasteiger partial charge in [-0.25, -0.2) is 4.39 Å². The van der Waals surface area contributed by atoms with Crippen molar-refractivity contribution in [3.63, 3.8) is 0 Å². The lowest BCUT2D eigenvalue weighted by Gasteiger charge is -2.29. The van der Waals surface area contributed by atoms with E-state index in [1.165, 1.54) is 12.1 Å². The van der Waals surface area contributed by atoms with Crippen LogP contribution in [0.3, 0.4) is 0 Å². The van der Waals surface area contributed by atoms with Crippen LogP contribution in [0.1, 0.15) is 37.0 Å². The number of benzene rings is 1. The molecule has 2 nitrogen and oxygen atoms in total. The van der Waals surface area contributed by atoms with Gasteiger partial charge in [-0.15, -0.1) is 0 Å². The minimum absolute atomic E-state index is 0.0219. The molecule has 1 aromatic rings. The van der Waals surface area contributed by atoms with E-state index in [-0.39, 0.29) is 16.1 Å². The first-order chi connectivity index (χ1) is 8.41. The maximum Gasteiger partial charge on any atom is 0.254 e. The van der Waals surface area contributed by atoms with Crippen molar-refractivity contribution in [2.75, 3.05) is 5.33 Å². The molecule has 0 radical (unpaired) electrons. The minimum atomic E-state index is -0.600. The molecule has 1 N–H and O–H groups in total. The van der Waals surface area contributed by atoms with Crippen molar-refractivity contribution < 1.29 is 9.18 Å². The third-order valence-electron chi connectivity index (χ3n) is 3.02. The highest BCUT2D eigenvalue weighted by molar-refractivity contribution is 9.09. The highest BCUT2D eigenvalue weighted by atomic mass is 79.9. The molecule has 0 aromatic heterocycles. The zero-order chi connectivity index (χ0) is 13.8. The molecule has 0 fully saturated rings. The van der Waals surface area contributed by atoms with Gasteiger partial charge in [-0.05, 0) is 38.0 Å². The summed E-state index contributed by atoms with van der Waals surface area (Å²) in [5.41, 5.74) is -0.319. The third kappa shape index (κ3) is 3.95. The molecule has 1 unspecified atom stereocenters. The second-order valence-electron chi connectivity index (χ2n) is 4.43. The second-order valence-corrected chi connectivity index (χ2v) is 5.66. The molecule has 0 saturated heterocycles. The van der Waals surface area contributed by atoms with Crippen LogP contribution in [0.2, 0.25) is 5.02 Å². The molecule has 0 aliphatic rings. The van der Waals surface area contributed by atoms with E-state index >= 15 is 0 Å². The number of carbonyl (C=O) groups excluding carboxylic acids is 1. The molecule has 1 atom stereocenters. The molecule has 0 saturated carbocycles. The van der Waals surface area contributed by atoms with E-state index in [2.05, 4.69) is 21.2 Å². The van der Waals surface area contributed by atoms with Gasteiger partial charge in [0.25, 0.3) is 5.91 Å². The van der Waals surface area contributed by atoms with Crippen molar-refractivity contribution in [2.24, 2.45) is 0 Å². The quantitative estimate of drug-likeness (QED) is 0.804. The van der Waals surface area contributed by atoms with E-state index in [9.17, 15) is 9.18 Å². The Balaban J connectivity index is 2.87. The van der Waals surface area contributed by atoms with Gasteiger partial charge in [0.2, 0.25) is 0 Å². The average molecular weight is 337 g/mol. The predicted molar refractivity (Wildman–Crippen MR) is 76.0 cm³/mol. The Labute approximate surface area is 120 Å². The van der Waals surface area contributed by atoms with Crippen LogP contribution in [-0.2, 0) is 0 Å². The smallest absolute Gasteiger partial charge is 0.254 e. The van der Waals surface area contributed by atoms with Crippen LogP contribution in [-0.4, -0.2) is 16.8 Å². The molecule has 1 rings (SSSR count). The van der Waals surface area contributed by atoms with Crippen LogP contribution in [0.15, 0.2) is 18.2 Å². The van der Waals surface area contributed by atoms with E-state index in [0.29, 0.717) is 0 Å². The lowest BCUT2D eigenvalue weighted by atomic mass is 9.95. The van der Waals surface area contributed by atoms with E-state index in [1.54, 1.807) is 0 Å². The topological polar surface area (TPSA) is 29.1 Å². The molecule has 5 heteroatoms. The number of alkyl halides is 1. The lowest BCUT2D eigenvalue weighted by Crippen LogP contribution is -2.46. The summed E-state index contributed by atoms with van der Waals surface area (Å²) in [6.45, 7) is 3.93. The summed E-state index contributed by atoms with van der Waals surface area (Å²) < 4.78 is 13.6. The van der Waals surface area contributed by atoms with Crippen molar-refractivity contribution >= 4 is 33.4 Å². The van der Waals surface area contributed by atoms with Crippen molar-refractivity contribution in [1.82, 2.24) is 5.32 Å². The number of nitrogens with one attached hydrogen (secondary N) is 1. The maximum absolute atomic E-state index is 13.6. The number of hydrogen-bond donors (Lipinski definition) is 1. The number of amides is 1. The highest BCUT2D eigenvalue weighted by Crippen LogP contribution is 2.19. The average Bonchev–Trinajstić information content (AvgIpc) is 2.28. The third-order valence-corrected chi connectivity index (χ3v) is 3.65. The van der Waals surface area contributed by atoms with Crippen molar-refractivity contribution in [3.8, 4) is 0 Å². The lowest BCUT2D eigenvalue weighted by molar-refractivity contribution is 0.0897. The minimum Gasteiger partial charge on any atom is -0.347 e. The van der Waals surface area contributed by atoms with Gasteiger partial charge in [0, 0.05) is 15.9 Å². The van der Waals surface area contributed by atoms with Crippen molar-refractivity contribution in [1.29, 1.82) is 0 Å². The summed E-state index contributed by atoms with van der Waals surface area (Å²) in [5.74, 6) is -1.01. The molecule has 18 heavy (non-hydrogen) atoms. The normalized spacial score (nSPS) is 14.1. The number of rotatable bonds is 5. The molecule has 0 spiro atoms. The van der Waals surface area contributed by atoms with Gasteiger partial charge in [0.15, 0.2) is 0 Å². The fourth-order valence-corrected chi connectivity index (χ4v) is 2.59. The van der Waals surface area contributed by atoms with E-state index < -0.39 is 11.7 Å². The molecule has 1 amide bonds. The van der Waals surface area contributed by atoms with Gasteiger partial charge in [0.05, 0.1) is 5.56 Å². The van der Waals surface area contributed by atoms with Crippen LogP contribution in [0.25, 0.3) is 0 Å². The Kier molecular flexibility index (Phi) is 5.60. The molecule has 1 aromatic carbocycles. The van der Waals surface area contributed by atoms with Crippen LogP contribution in [0.5, 0.6) is 0 Å². The zero-order valence-electron chi connectivity index (χ0n) is 10.4. The number of hydrogen-bond acceptors (Lipinski definition) is 1. The van der Waals surface area contributed by atoms with E-state index in [4.69, 9.17) is 11.6 Å². The molecule has 0 aliphatic carbocycles. The predicted octanol–water partition coefficient (Wildman–Crippen LogP) is 4.16. The largest absolute Gasteiger partial charge is 0.347 e. The standard InChI is InChI=1S/C13H16BrClFNO/c1-3-13(2,6-7-14)17-12(18)10-5-4-9(15)8-11(10)16/h4-5,8H,3,6-7H2,1-2H3,(H,17,18). The SMILES string of the molecule is CCC(C)(CCBr)NC(=O)c1ccc(Cl)cc1F. The summed E-state index contributed by atoms with van der Waals surface area (Å²) in [6.07, 6.45) is 1.56. The summed E-state index contributed by atoms with van der Waals surface area (Å²) in [6, 6.07) is 4.05. The first kappa shape index (κ1) is 15.4. The Morgan fingerprint density at radius 2 is 2.22 bits per heavy atom. The van der Waals surface area contributed by atoms with Gasteiger partial charge in [-0.2, -0.15) is 0 Å². The van der Waals surface area contributed by atoms with Crippen LogP contribution < -0.4 is 5.32 Å². The molecule has 0 bridgehead atoms. The summed E-state index contributed by atoms with van der Waals surface area (Å²) >= 11 is 9.01. The molecular formula is C13H16BrClFNO. The number of carbonyl (C=O) groups is 1. The van der Waals surface area contributed by atoms with E-state index in [1.807, 2.05) is 13.8 Å². The molecular weight excluding hydrogens is 321 g/mol. The Hall–Kier alpha value is -0.610. The maximum atomic E-state index is 13.6. The van der Waals surface area contributed by atoms with Crippen molar-refractivity contribution in [3.05, 3.63) is 34.6 Å². The van der Waals surface area contributed by atoms with Gasteiger partial charge in [-0.1, -0.05) is 34.5 Å². The van der Waals surface area contributed by atoms with E-state index in [0.717, 1.165) is 24.2 Å². The first-order valence-corrected chi connectivity index (χ1v) is 7.25. The van der Waals surface area contributed by atoms with Gasteiger partial charge in [0.1, 0.15) is 5.82 Å². The van der Waals surface area contributed by atoms with Crippen molar-refractivity contribution in [2.45, 2.75) is 32.2 Å². The Bertz CT molecular complexity index is 441. The zero-order valence-corrected chi connectivity index (χ0v) is 12.7. The fourth-order valence-electron chi connectivity index (χ4n) is 1.55. The van der Waals surface area contributed by atoms with Gasteiger partial charge in [-0.3, -0.25) is 4.79 Å². The first-order valence-electron chi connectivity index (χ1n) is 5.75. The molecule has 0 aliphatic heterocycles. The summed E-state index contributed by atoms with van der Waals surface area (Å²) in [4.78, 5) is 12.0. The molecule has 100 valence electrons. The summed E-state index contributed by atoms with van der Waals surface area (Å²) in [5, 5.41) is 3.93. The molecule has 0 heterocycles. The second kappa shape index (κ2) is 6.53. The highest BCUT2D eigenvalue weighted by Gasteiger charge is 2.25. The van der Waals surface area contributed by atoms with Crippen LogP contribution in [0, 0.1) is 5.82 Å². The van der Waals surface area contributed by atoms with Gasteiger partial charge < -0.3 is 5.32 Å². The fraction of sp³-hybridized carbons (Fsp3) is 0.462. The Morgan fingerprint density at radius 3 is 2.72 bits per heavy atom. The van der Waals surface area contributed by atoms with Gasteiger partial charge >= 0.3 is 0 Å². The number of halogens is 3. The van der Waals surface area contributed by atoms with Crippen LogP contribution in [0.4, 0.5) is 4.39 Å². The monoisotopic (exact) mass is 335 g/mol.